The van der Waals surface area contributed by atoms with Crippen molar-refractivity contribution in [1.82, 2.24) is 4.57 Å². The largest absolute Gasteiger partial charge is 0.465 e. The zero-order chi connectivity index (χ0) is 19.4. The number of thiazole rings is 1. The number of nitro benzene ring substituents is 1. The van der Waals surface area contributed by atoms with Gasteiger partial charge in [0.2, 0.25) is 0 Å². The summed E-state index contributed by atoms with van der Waals surface area (Å²) in [6, 6.07) is 12.6. The number of nitro groups is 1. The number of hydrogen-bond donors (Lipinski definition) is 0. The van der Waals surface area contributed by atoms with Crippen LogP contribution in [-0.2, 0) is 16.1 Å². The molecular formula is C18H15N3O5S. The fraction of sp³-hybridized carbons (Fsp3) is 0.167. The molecule has 27 heavy (non-hydrogen) atoms. The number of rotatable bonds is 5. The molecule has 1 amide bonds. The van der Waals surface area contributed by atoms with Crippen LogP contribution in [0.2, 0.25) is 0 Å². The zero-order valence-corrected chi connectivity index (χ0v) is 15.1. The molecule has 0 N–H and O–H groups in total. The number of ether oxygens (including phenoxy) is 1. The Bertz CT molecular complexity index is 1080. The van der Waals surface area contributed by atoms with Crippen molar-refractivity contribution in [2.75, 3.05) is 6.61 Å². The first kappa shape index (κ1) is 18.5. The van der Waals surface area contributed by atoms with Crippen molar-refractivity contribution in [2.24, 2.45) is 4.99 Å². The van der Waals surface area contributed by atoms with E-state index < -0.39 is 16.8 Å². The summed E-state index contributed by atoms with van der Waals surface area (Å²) in [7, 11) is 0. The third-order valence-corrected chi connectivity index (χ3v) is 4.76. The standard InChI is InChI=1S/C18H15N3O5S/c1-2-26-16(22)11-20-14-5-3-4-6-15(14)27-18(20)19-17(23)12-7-9-13(10-8-12)21(24)25/h3-10H,2,11H2,1H3. The molecule has 9 heteroatoms. The molecule has 0 atom stereocenters. The maximum absolute atomic E-state index is 12.5. The van der Waals surface area contributed by atoms with Crippen LogP contribution in [0.3, 0.4) is 0 Å². The van der Waals surface area contributed by atoms with Gasteiger partial charge in [-0.25, -0.2) is 0 Å². The van der Waals surface area contributed by atoms with Gasteiger partial charge in [-0.05, 0) is 31.2 Å². The Morgan fingerprint density at radius 1 is 1.19 bits per heavy atom. The van der Waals surface area contributed by atoms with E-state index in [9.17, 15) is 19.7 Å². The third-order valence-electron chi connectivity index (χ3n) is 3.70. The van der Waals surface area contributed by atoms with Crippen LogP contribution < -0.4 is 4.80 Å². The van der Waals surface area contributed by atoms with Gasteiger partial charge in [0, 0.05) is 17.7 Å². The Hall–Kier alpha value is -3.33. The second kappa shape index (κ2) is 7.92. The number of para-hydroxylation sites is 1. The SMILES string of the molecule is CCOC(=O)Cn1c(=NC(=O)c2ccc([N+](=O)[O-])cc2)sc2ccccc21. The second-order valence-corrected chi connectivity index (χ2v) is 6.47. The maximum atomic E-state index is 12.5. The average Bonchev–Trinajstić information content (AvgIpc) is 2.99. The predicted molar refractivity (Wildman–Crippen MR) is 99.4 cm³/mol. The Labute approximate surface area is 157 Å². The second-order valence-electron chi connectivity index (χ2n) is 5.46. The number of amides is 1. The molecule has 8 nitrogen and oxygen atoms in total. The average molecular weight is 385 g/mol. The lowest BCUT2D eigenvalue weighted by Crippen LogP contribution is -2.23. The summed E-state index contributed by atoms with van der Waals surface area (Å²) < 4.78 is 7.50. The van der Waals surface area contributed by atoms with Crippen LogP contribution in [0.15, 0.2) is 53.5 Å². The number of benzene rings is 2. The van der Waals surface area contributed by atoms with Crippen LogP contribution in [-0.4, -0.2) is 28.0 Å². The Morgan fingerprint density at radius 2 is 1.89 bits per heavy atom. The fourth-order valence-corrected chi connectivity index (χ4v) is 3.50. The molecule has 0 bridgehead atoms. The number of carbonyl (C=O) groups is 2. The minimum absolute atomic E-state index is 0.0652. The third kappa shape index (κ3) is 4.09. The van der Waals surface area contributed by atoms with Crippen LogP contribution in [0.4, 0.5) is 5.69 Å². The van der Waals surface area contributed by atoms with Crippen LogP contribution in [0.25, 0.3) is 10.2 Å². The Morgan fingerprint density at radius 3 is 2.56 bits per heavy atom. The summed E-state index contributed by atoms with van der Waals surface area (Å²) >= 11 is 1.27. The number of non-ortho nitro benzene ring substituents is 1. The van der Waals surface area contributed by atoms with Crippen LogP contribution >= 0.6 is 11.3 Å². The Balaban J connectivity index is 2.02. The van der Waals surface area contributed by atoms with Crippen LogP contribution in [0.5, 0.6) is 0 Å². The normalized spacial score (nSPS) is 11.5. The molecule has 0 aliphatic rings. The molecule has 0 saturated heterocycles. The van der Waals surface area contributed by atoms with E-state index >= 15 is 0 Å². The quantitative estimate of drug-likeness (QED) is 0.382. The minimum Gasteiger partial charge on any atom is -0.465 e. The summed E-state index contributed by atoms with van der Waals surface area (Å²) in [6.45, 7) is 1.91. The summed E-state index contributed by atoms with van der Waals surface area (Å²) in [4.78, 5) is 39.1. The van der Waals surface area contributed by atoms with Crippen LogP contribution in [0, 0.1) is 10.1 Å². The first-order valence-electron chi connectivity index (χ1n) is 8.07. The van der Waals surface area contributed by atoms with E-state index in [4.69, 9.17) is 4.74 Å². The van der Waals surface area contributed by atoms with E-state index in [0.29, 0.717) is 4.80 Å². The molecule has 3 rings (SSSR count). The van der Waals surface area contributed by atoms with Crippen molar-refractivity contribution in [2.45, 2.75) is 13.5 Å². The lowest BCUT2D eigenvalue weighted by atomic mass is 10.2. The molecule has 0 saturated carbocycles. The zero-order valence-electron chi connectivity index (χ0n) is 14.3. The van der Waals surface area contributed by atoms with Crippen molar-refractivity contribution in [3.63, 3.8) is 0 Å². The van der Waals surface area contributed by atoms with Gasteiger partial charge in [-0.15, -0.1) is 0 Å². The number of nitrogens with zero attached hydrogens (tertiary/aromatic N) is 3. The molecule has 1 heterocycles. The van der Waals surface area contributed by atoms with E-state index in [1.54, 1.807) is 11.5 Å². The van der Waals surface area contributed by atoms with Gasteiger partial charge in [0.05, 0.1) is 21.7 Å². The smallest absolute Gasteiger partial charge is 0.326 e. The summed E-state index contributed by atoms with van der Waals surface area (Å²) in [6.07, 6.45) is 0. The van der Waals surface area contributed by atoms with E-state index in [2.05, 4.69) is 4.99 Å². The topological polar surface area (TPSA) is 104 Å². The number of esters is 1. The van der Waals surface area contributed by atoms with Gasteiger partial charge in [0.1, 0.15) is 6.54 Å². The summed E-state index contributed by atoms with van der Waals surface area (Å²) in [5.74, 6) is -0.973. The monoisotopic (exact) mass is 385 g/mol. The molecule has 1 aromatic heterocycles. The molecule has 0 aliphatic carbocycles. The molecule has 2 aromatic carbocycles. The molecule has 0 aliphatic heterocycles. The molecule has 0 spiro atoms. The number of carbonyl (C=O) groups excluding carboxylic acids is 2. The lowest BCUT2D eigenvalue weighted by Gasteiger charge is -2.04. The van der Waals surface area contributed by atoms with Crippen LogP contribution in [0.1, 0.15) is 17.3 Å². The minimum atomic E-state index is -0.547. The van der Waals surface area contributed by atoms with Gasteiger partial charge in [-0.1, -0.05) is 23.5 Å². The lowest BCUT2D eigenvalue weighted by molar-refractivity contribution is -0.384. The highest BCUT2D eigenvalue weighted by molar-refractivity contribution is 7.16. The van der Waals surface area contributed by atoms with Gasteiger partial charge in [0.25, 0.3) is 11.6 Å². The first-order chi connectivity index (χ1) is 13.0. The van der Waals surface area contributed by atoms with E-state index in [-0.39, 0.29) is 24.4 Å². The van der Waals surface area contributed by atoms with Crippen molar-refractivity contribution in [3.05, 3.63) is 69.0 Å². The van der Waals surface area contributed by atoms with E-state index in [1.165, 1.54) is 35.6 Å². The van der Waals surface area contributed by atoms with Gasteiger partial charge < -0.3 is 9.30 Å². The van der Waals surface area contributed by atoms with Gasteiger partial charge in [0.15, 0.2) is 4.80 Å². The van der Waals surface area contributed by atoms with Crippen molar-refractivity contribution in [3.8, 4) is 0 Å². The van der Waals surface area contributed by atoms with Gasteiger partial charge in [-0.2, -0.15) is 4.99 Å². The number of fused-ring (bicyclic) bond motifs is 1. The summed E-state index contributed by atoms with van der Waals surface area (Å²) in [5, 5.41) is 10.7. The molecule has 0 unspecified atom stereocenters. The molecule has 0 fully saturated rings. The van der Waals surface area contributed by atoms with Crippen molar-refractivity contribution >= 4 is 39.1 Å². The molecule has 0 radical (unpaired) electrons. The predicted octanol–water partition coefficient (Wildman–Crippen LogP) is 2.92. The molecule has 3 aromatic rings. The highest BCUT2D eigenvalue weighted by Gasteiger charge is 2.13. The fourth-order valence-electron chi connectivity index (χ4n) is 2.47. The highest BCUT2D eigenvalue weighted by atomic mass is 32.1. The van der Waals surface area contributed by atoms with E-state index in [1.807, 2.05) is 24.3 Å². The van der Waals surface area contributed by atoms with Gasteiger partial charge >= 0.3 is 5.97 Å². The van der Waals surface area contributed by atoms with Crippen molar-refractivity contribution < 1.29 is 19.2 Å². The Kier molecular flexibility index (Phi) is 5.41. The number of hydrogen-bond acceptors (Lipinski definition) is 6. The van der Waals surface area contributed by atoms with E-state index in [0.717, 1.165) is 10.2 Å². The van der Waals surface area contributed by atoms with Crippen molar-refractivity contribution in [1.29, 1.82) is 0 Å². The van der Waals surface area contributed by atoms with Gasteiger partial charge in [-0.3, -0.25) is 19.7 Å². The summed E-state index contributed by atoms with van der Waals surface area (Å²) in [5.41, 5.74) is 0.886. The molecular weight excluding hydrogens is 370 g/mol. The molecule has 138 valence electrons. The number of aromatic nitrogens is 1. The highest BCUT2D eigenvalue weighted by Crippen LogP contribution is 2.17. The maximum Gasteiger partial charge on any atom is 0.326 e. The first-order valence-corrected chi connectivity index (χ1v) is 8.88.